The lowest BCUT2D eigenvalue weighted by Gasteiger charge is -2.41. The van der Waals surface area contributed by atoms with E-state index in [-0.39, 0.29) is 29.7 Å². The molecule has 2 amide bonds. The summed E-state index contributed by atoms with van der Waals surface area (Å²) >= 11 is 3.43. The minimum Gasteiger partial charge on any atom is -0.379 e. The molecule has 1 atom stereocenters. The lowest BCUT2D eigenvalue weighted by Crippen LogP contribution is -2.55. The van der Waals surface area contributed by atoms with E-state index < -0.39 is 0 Å². The van der Waals surface area contributed by atoms with E-state index in [1.54, 1.807) is 4.90 Å². The van der Waals surface area contributed by atoms with Crippen LogP contribution in [0.2, 0.25) is 0 Å². The molecule has 0 radical (unpaired) electrons. The van der Waals surface area contributed by atoms with Crippen molar-refractivity contribution in [1.82, 2.24) is 10.2 Å². The van der Waals surface area contributed by atoms with E-state index in [0.717, 1.165) is 36.5 Å². The molecule has 1 N–H and O–H groups in total. The summed E-state index contributed by atoms with van der Waals surface area (Å²) in [7, 11) is 0. The summed E-state index contributed by atoms with van der Waals surface area (Å²) in [5.74, 6) is -0.352. The Labute approximate surface area is 163 Å². The number of rotatable bonds is 5. The summed E-state index contributed by atoms with van der Waals surface area (Å²) in [6.07, 6.45) is 0.260. The second kappa shape index (κ2) is 8.06. The Balaban J connectivity index is 1.56. The maximum Gasteiger partial charge on any atom is 0.227 e. The average Bonchev–Trinajstić information content (AvgIpc) is 3.02. The van der Waals surface area contributed by atoms with Gasteiger partial charge in [0.05, 0.1) is 19.1 Å². The summed E-state index contributed by atoms with van der Waals surface area (Å²) < 4.78 is 6.32. The zero-order chi connectivity index (χ0) is 18.7. The van der Waals surface area contributed by atoms with Crippen LogP contribution in [0.3, 0.4) is 0 Å². The predicted octanol–water partition coefficient (Wildman–Crippen LogP) is 2.03. The molecule has 0 aliphatic carbocycles. The second-order valence-corrected chi connectivity index (χ2v) is 8.43. The third-order valence-corrected chi connectivity index (χ3v) is 5.67. The quantitative estimate of drug-likeness (QED) is 0.786. The van der Waals surface area contributed by atoms with Crippen molar-refractivity contribution in [2.45, 2.75) is 25.8 Å². The molecule has 0 aromatic heterocycles. The van der Waals surface area contributed by atoms with Gasteiger partial charge in [-0.25, -0.2) is 0 Å². The highest BCUT2D eigenvalue weighted by molar-refractivity contribution is 9.10. The number of nitrogens with one attached hydrogen (secondary N) is 1. The fourth-order valence-electron chi connectivity index (χ4n) is 3.51. The van der Waals surface area contributed by atoms with E-state index in [4.69, 9.17) is 4.74 Å². The molecule has 0 bridgehead atoms. The molecule has 2 fully saturated rings. The van der Waals surface area contributed by atoms with E-state index in [1.807, 2.05) is 24.3 Å². The molecule has 26 heavy (non-hydrogen) atoms. The predicted molar refractivity (Wildman–Crippen MR) is 104 cm³/mol. The zero-order valence-corrected chi connectivity index (χ0v) is 16.9. The molecule has 0 spiro atoms. The van der Waals surface area contributed by atoms with Crippen LogP contribution in [0.5, 0.6) is 0 Å². The number of hydrogen-bond acceptors (Lipinski definition) is 4. The van der Waals surface area contributed by atoms with Crippen LogP contribution in [0, 0.1) is 5.92 Å². The summed E-state index contributed by atoms with van der Waals surface area (Å²) in [6.45, 7) is 8.47. The molecule has 2 heterocycles. The van der Waals surface area contributed by atoms with Gasteiger partial charge >= 0.3 is 0 Å². The van der Waals surface area contributed by atoms with E-state index >= 15 is 0 Å². The third kappa shape index (κ3) is 4.45. The number of ether oxygens (including phenoxy) is 1. The molecule has 7 heteroatoms. The van der Waals surface area contributed by atoms with Crippen LogP contribution in [0.15, 0.2) is 28.7 Å². The highest BCUT2D eigenvalue weighted by atomic mass is 79.9. The van der Waals surface area contributed by atoms with Gasteiger partial charge in [0.1, 0.15) is 0 Å². The van der Waals surface area contributed by atoms with Gasteiger partial charge in [-0.3, -0.25) is 14.5 Å². The van der Waals surface area contributed by atoms with Gasteiger partial charge in [0, 0.05) is 48.3 Å². The normalized spacial score (nSPS) is 21.9. The van der Waals surface area contributed by atoms with E-state index in [0.29, 0.717) is 13.1 Å². The van der Waals surface area contributed by atoms with Gasteiger partial charge in [0.2, 0.25) is 11.8 Å². The molecular weight excluding hydrogens is 398 g/mol. The van der Waals surface area contributed by atoms with Gasteiger partial charge < -0.3 is 15.0 Å². The van der Waals surface area contributed by atoms with Crippen molar-refractivity contribution in [2.75, 3.05) is 44.3 Å². The van der Waals surface area contributed by atoms with Crippen LogP contribution in [-0.4, -0.2) is 61.6 Å². The van der Waals surface area contributed by atoms with Gasteiger partial charge in [-0.15, -0.1) is 0 Å². The molecule has 6 nitrogen and oxygen atoms in total. The summed E-state index contributed by atoms with van der Waals surface area (Å²) in [6, 6.07) is 7.61. The van der Waals surface area contributed by atoms with E-state index in [9.17, 15) is 9.59 Å². The van der Waals surface area contributed by atoms with Crippen molar-refractivity contribution in [1.29, 1.82) is 0 Å². The van der Waals surface area contributed by atoms with Gasteiger partial charge in [0.15, 0.2) is 0 Å². The standard InChI is InChI=1S/C19H26BrN3O3/c1-19(2,22-6-8-26-9-7-22)13-21-18(25)14-10-17(24)23(12-14)16-5-3-4-15(20)11-16/h3-5,11,14H,6-10,12-13H2,1-2H3,(H,21,25)/t14-/m0/s1. The molecule has 2 aliphatic heterocycles. The van der Waals surface area contributed by atoms with Crippen molar-refractivity contribution < 1.29 is 14.3 Å². The smallest absolute Gasteiger partial charge is 0.227 e. The Morgan fingerprint density at radius 1 is 1.35 bits per heavy atom. The zero-order valence-electron chi connectivity index (χ0n) is 15.3. The fourth-order valence-corrected chi connectivity index (χ4v) is 3.89. The summed E-state index contributed by atoms with van der Waals surface area (Å²) in [5, 5.41) is 3.06. The summed E-state index contributed by atoms with van der Waals surface area (Å²) in [4.78, 5) is 29.0. The Bertz CT molecular complexity index is 674. The van der Waals surface area contributed by atoms with Crippen LogP contribution in [0.1, 0.15) is 20.3 Å². The second-order valence-electron chi connectivity index (χ2n) is 7.51. The van der Waals surface area contributed by atoms with Crippen molar-refractivity contribution >= 4 is 33.4 Å². The minimum absolute atomic E-state index is 0.00399. The number of nitrogens with zero attached hydrogens (tertiary/aromatic N) is 2. The maximum atomic E-state index is 12.6. The third-order valence-electron chi connectivity index (χ3n) is 5.18. The first-order valence-corrected chi connectivity index (χ1v) is 9.82. The molecule has 2 saturated heterocycles. The van der Waals surface area contributed by atoms with Crippen molar-refractivity contribution in [3.63, 3.8) is 0 Å². The number of hydrogen-bond donors (Lipinski definition) is 1. The minimum atomic E-state index is -0.304. The number of amides is 2. The SMILES string of the molecule is CC(C)(CNC(=O)[C@H]1CC(=O)N(c2cccc(Br)c2)C1)N1CCOCC1. The number of benzene rings is 1. The molecule has 0 unspecified atom stereocenters. The number of carbonyl (C=O) groups is 2. The molecule has 0 saturated carbocycles. The molecular formula is C19H26BrN3O3. The Kier molecular flexibility index (Phi) is 5.99. The average molecular weight is 424 g/mol. The summed E-state index contributed by atoms with van der Waals surface area (Å²) in [5.41, 5.74) is 0.694. The number of anilines is 1. The van der Waals surface area contributed by atoms with E-state index in [2.05, 4.69) is 40.0 Å². The highest BCUT2D eigenvalue weighted by Crippen LogP contribution is 2.27. The first kappa shape index (κ1) is 19.3. The van der Waals surface area contributed by atoms with Crippen LogP contribution < -0.4 is 10.2 Å². The van der Waals surface area contributed by atoms with Gasteiger partial charge in [-0.2, -0.15) is 0 Å². The number of carbonyl (C=O) groups excluding carboxylic acids is 2. The van der Waals surface area contributed by atoms with Crippen LogP contribution in [0.25, 0.3) is 0 Å². The maximum absolute atomic E-state index is 12.6. The van der Waals surface area contributed by atoms with Gasteiger partial charge in [-0.05, 0) is 32.0 Å². The van der Waals surface area contributed by atoms with Crippen molar-refractivity contribution in [2.24, 2.45) is 5.92 Å². The van der Waals surface area contributed by atoms with Crippen LogP contribution >= 0.6 is 15.9 Å². The van der Waals surface area contributed by atoms with Crippen LogP contribution in [-0.2, 0) is 14.3 Å². The monoisotopic (exact) mass is 423 g/mol. The first-order chi connectivity index (χ1) is 12.4. The molecule has 3 rings (SSSR count). The first-order valence-electron chi connectivity index (χ1n) is 9.03. The topological polar surface area (TPSA) is 61.9 Å². The molecule has 1 aromatic carbocycles. The van der Waals surface area contributed by atoms with Crippen LogP contribution in [0.4, 0.5) is 5.69 Å². The van der Waals surface area contributed by atoms with E-state index in [1.165, 1.54) is 0 Å². The lowest BCUT2D eigenvalue weighted by atomic mass is 10.0. The number of halogens is 1. The van der Waals surface area contributed by atoms with Crippen molar-refractivity contribution in [3.05, 3.63) is 28.7 Å². The molecule has 142 valence electrons. The Morgan fingerprint density at radius 3 is 2.77 bits per heavy atom. The van der Waals surface area contributed by atoms with Crippen molar-refractivity contribution in [3.8, 4) is 0 Å². The largest absolute Gasteiger partial charge is 0.379 e. The van der Waals surface area contributed by atoms with Gasteiger partial charge in [0.25, 0.3) is 0 Å². The fraction of sp³-hybridized carbons (Fsp3) is 0.579. The Hall–Kier alpha value is -1.44. The molecule has 2 aliphatic rings. The highest BCUT2D eigenvalue weighted by Gasteiger charge is 2.36. The lowest BCUT2D eigenvalue weighted by molar-refractivity contribution is -0.127. The van der Waals surface area contributed by atoms with Gasteiger partial charge in [-0.1, -0.05) is 22.0 Å². The number of morpholine rings is 1. The Morgan fingerprint density at radius 2 is 2.08 bits per heavy atom. The molecule has 1 aromatic rings.